The number of amides is 1. The van der Waals surface area contributed by atoms with Gasteiger partial charge in [-0.2, -0.15) is 5.10 Å². The molecule has 0 aliphatic carbocycles. The number of carboxylic acid groups (broad SMARTS) is 1. The topological polar surface area (TPSA) is 149 Å². The molecule has 4 aromatic rings. The summed E-state index contributed by atoms with van der Waals surface area (Å²) in [5.41, 5.74) is 11.7. The third-order valence-electron chi connectivity index (χ3n) is 4.72. The SMILES string of the molecule is CN(C(=O)O)c1c(N)nc(-c2nc(Cc3c(F)ccc(F)c3F)n3ncccc23)nc1N. The fourth-order valence-corrected chi connectivity index (χ4v) is 3.19. The Balaban J connectivity index is 1.86. The standard InChI is InChI=1S/C19H15F3N8O2/c1-29(19(31)32)15-16(23)27-18(28-17(15)24)14-11-3-2-6-25-30(11)12(26-14)7-8-9(20)4-5-10(21)13(8)22/h2-6H,7H2,1H3,(H,31,32)(H4,23,24,27,28). The largest absolute Gasteiger partial charge is 0.465 e. The van der Waals surface area contributed by atoms with Crippen molar-refractivity contribution in [1.82, 2.24) is 24.6 Å². The van der Waals surface area contributed by atoms with Crippen LogP contribution < -0.4 is 16.4 Å². The first kappa shape index (κ1) is 20.8. The number of hydrogen-bond donors (Lipinski definition) is 3. The number of carbonyl (C=O) groups is 1. The van der Waals surface area contributed by atoms with Crippen molar-refractivity contribution in [2.24, 2.45) is 0 Å². The second kappa shape index (κ2) is 7.68. The molecular weight excluding hydrogens is 429 g/mol. The summed E-state index contributed by atoms with van der Waals surface area (Å²) in [5.74, 6) is -3.88. The van der Waals surface area contributed by atoms with Gasteiger partial charge in [0.2, 0.25) is 0 Å². The van der Waals surface area contributed by atoms with Crippen molar-refractivity contribution in [3.05, 3.63) is 59.3 Å². The molecule has 0 aliphatic rings. The van der Waals surface area contributed by atoms with Gasteiger partial charge in [0.1, 0.15) is 23.0 Å². The molecule has 0 atom stereocenters. The fourth-order valence-electron chi connectivity index (χ4n) is 3.19. The normalized spacial score (nSPS) is 11.1. The van der Waals surface area contributed by atoms with Gasteiger partial charge in [-0.25, -0.2) is 37.4 Å². The van der Waals surface area contributed by atoms with Gasteiger partial charge < -0.3 is 16.6 Å². The summed E-state index contributed by atoms with van der Waals surface area (Å²) >= 11 is 0. The van der Waals surface area contributed by atoms with Gasteiger partial charge in [-0.3, -0.25) is 4.90 Å². The molecule has 0 radical (unpaired) electrons. The van der Waals surface area contributed by atoms with Crippen molar-refractivity contribution >= 4 is 28.9 Å². The molecular formula is C19H15F3N8O2. The Morgan fingerprint density at radius 2 is 1.75 bits per heavy atom. The Morgan fingerprint density at radius 3 is 2.41 bits per heavy atom. The van der Waals surface area contributed by atoms with Crippen molar-refractivity contribution in [3.8, 4) is 11.5 Å². The molecule has 32 heavy (non-hydrogen) atoms. The van der Waals surface area contributed by atoms with Crippen molar-refractivity contribution in [2.45, 2.75) is 6.42 Å². The molecule has 164 valence electrons. The Morgan fingerprint density at radius 1 is 1.09 bits per heavy atom. The van der Waals surface area contributed by atoms with Crippen LogP contribution in [0.3, 0.4) is 0 Å². The van der Waals surface area contributed by atoms with Crippen LogP contribution in [0.1, 0.15) is 11.4 Å². The van der Waals surface area contributed by atoms with Crippen LogP contribution in [-0.2, 0) is 6.42 Å². The lowest BCUT2D eigenvalue weighted by Gasteiger charge is -2.16. The molecule has 0 aliphatic heterocycles. The molecule has 0 spiro atoms. The number of nitrogens with zero attached hydrogens (tertiary/aromatic N) is 6. The maximum atomic E-state index is 14.2. The number of imidazole rings is 1. The summed E-state index contributed by atoms with van der Waals surface area (Å²) in [5, 5.41) is 13.3. The number of anilines is 3. The first-order valence-corrected chi connectivity index (χ1v) is 9.04. The number of aromatic nitrogens is 5. The molecule has 10 nitrogen and oxygen atoms in total. The van der Waals surface area contributed by atoms with Crippen LogP contribution in [0.25, 0.3) is 17.0 Å². The van der Waals surface area contributed by atoms with Crippen LogP contribution >= 0.6 is 0 Å². The van der Waals surface area contributed by atoms with Gasteiger partial charge in [0.05, 0.1) is 5.52 Å². The van der Waals surface area contributed by atoms with Crippen molar-refractivity contribution < 1.29 is 23.1 Å². The van der Waals surface area contributed by atoms with Crippen LogP contribution in [0.15, 0.2) is 30.5 Å². The third kappa shape index (κ3) is 3.38. The van der Waals surface area contributed by atoms with Gasteiger partial charge >= 0.3 is 6.09 Å². The molecule has 0 fully saturated rings. The molecule has 3 heterocycles. The van der Waals surface area contributed by atoms with Crippen molar-refractivity contribution in [2.75, 3.05) is 23.4 Å². The van der Waals surface area contributed by atoms with Gasteiger partial charge in [-0.05, 0) is 24.3 Å². The monoisotopic (exact) mass is 444 g/mol. The van der Waals surface area contributed by atoms with E-state index in [1.54, 1.807) is 12.1 Å². The molecule has 4 rings (SSSR count). The van der Waals surface area contributed by atoms with Crippen molar-refractivity contribution in [3.63, 3.8) is 0 Å². The number of nitrogen functional groups attached to an aromatic ring is 2. The zero-order valence-corrected chi connectivity index (χ0v) is 16.4. The number of hydrogen-bond acceptors (Lipinski definition) is 7. The maximum absolute atomic E-state index is 14.2. The Labute approximate surface area is 177 Å². The average Bonchev–Trinajstić information content (AvgIpc) is 3.12. The van der Waals surface area contributed by atoms with E-state index in [1.807, 2.05) is 0 Å². The molecule has 0 bridgehead atoms. The van der Waals surface area contributed by atoms with Gasteiger partial charge in [-0.1, -0.05) is 0 Å². The highest BCUT2D eigenvalue weighted by Crippen LogP contribution is 2.31. The Hall–Kier alpha value is -4.42. The number of benzene rings is 1. The first-order valence-electron chi connectivity index (χ1n) is 9.04. The van der Waals surface area contributed by atoms with E-state index >= 15 is 0 Å². The summed E-state index contributed by atoms with van der Waals surface area (Å²) in [6.07, 6.45) is -0.314. The van der Waals surface area contributed by atoms with Crippen molar-refractivity contribution in [1.29, 1.82) is 0 Å². The Kier molecular flexibility index (Phi) is 5.00. The summed E-state index contributed by atoms with van der Waals surface area (Å²) in [7, 11) is 1.23. The zero-order chi connectivity index (χ0) is 23.2. The van der Waals surface area contributed by atoms with E-state index in [4.69, 9.17) is 16.6 Å². The predicted molar refractivity (Wildman–Crippen MR) is 108 cm³/mol. The van der Waals surface area contributed by atoms with E-state index in [1.165, 1.54) is 17.8 Å². The molecule has 3 aromatic heterocycles. The van der Waals surface area contributed by atoms with E-state index < -0.39 is 35.5 Å². The number of rotatable bonds is 4. The lowest BCUT2D eigenvalue weighted by atomic mass is 10.1. The quantitative estimate of drug-likeness (QED) is 0.407. The summed E-state index contributed by atoms with van der Waals surface area (Å²) in [4.78, 5) is 24.5. The van der Waals surface area contributed by atoms with Crippen LogP contribution in [0.2, 0.25) is 0 Å². The Bertz CT molecular complexity index is 1350. The van der Waals surface area contributed by atoms with Crippen LogP contribution in [-0.4, -0.2) is 42.8 Å². The molecule has 0 unspecified atom stereocenters. The van der Waals surface area contributed by atoms with Gasteiger partial charge in [0, 0.05) is 25.2 Å². The van der Waals surface area contributed by atoms with E-state index in [2.05, 4.69) is 20.1 Å². The first-order chi connectivity index (χ1) is 15.2. The van der Waals surface area contributed by atoms with E-state index in [0.29, 0.717) is 11.6 Å². The minimum atomic E-state index is -1.33. The summed E-state index contributed by atoms with van der Waals surface area (Å²) < 4.78 is 43.3. The lowest BCUT2D eigenvalue weighted by molar-refractivity contribution is 0.203. The molecule has 0 saturated heterocycles. The molecule has 0 saturated carbocycles. The van der Waals surface area contributed by atoms with Crippen LogP contribution in [0.4, 0.5) is 35.3 Å². The zero-order valence-electron chi connectivity index (χ0n) is 16.4. The highest BCUT2D eigenvalue weighted by Gasteiger charge is 2.24. The molecule has 5 N–H and O–H groups in total. The van der Waals surface area contributed by atoms with E-state index in [-0.39, 0.29) is 34.7 Å². The molecule has 1 amide bonds. The fraction of sp³-hybridized carbons (Fsp3) is 0.105. The van der Waals surface area contributed by atoms with E-state index in [9.17, 15) is 18.0 Å². The van der Waals surface area contributed by atoms with Gasteiger partial charge in [0.25, 0.3) is 0 Å². The van der Waals surface area contributed by atoms with Crippen LogP contribution in [0.5, 0.6) is 0 Å². The highest BCUT2D eigenvalue weighted by atomic mass is 19.2. The number of fused-ring (bicyclic) bond motifs is 1. The summed E-state index contributed by atoms with van der Waals surface area (Å²) in [6.45, 7) is 0. The van der Waals surface area contributed by atoms with Crippen LogP contribution in [0, 0.1) is 17.5 Å². The molecule has 13 heteroatoms. The highest BCUT2D eigenvalue weighted by molar-refractivity contribution is 5.94. The second-order valence-corrected chi connectivity index (χ2v) is 6.70. The lowest BCUT2D eigenvalue weighted by Crippen LogP contribution is -2.26. The number of halogens is 3. The smallest absolute Gasteiger partial charge is 0.411 e. The predicted octanol–water partition coefficient (Wildman–Crippen LogP) is 2.47. The second-order valence-electron chi connectivity index (χ2n) is 6.70. The maximum Gasteiger partial charge on any atom is 0.411 e. The molecule has 1 aromatic carbocycles. The average molecular weight is 444 g/mol. The van der Waals surface area contributed by atoms with E-state index in [0.717, 1.165) is 11.0 Å². The number of nitrogens with two attached hydrogens (primary N) is 2. The van der Waals surface area contributed by atoms with Gasteiger partial charge in [0.15, 0.2) is 29.1 Å². The third-order valence-corrected chi connectivity index (χ3v) is 4.72. The minimum Gasteiger partial charge on any atom is -0.465 e. The minimum absolute atomic E-state index is 0.0560. The summed E-state index contributed by atoms with van der Waals surface area (Å²) in [6, 6.07) is 4.70. The van der Waals surface area contributed by atoms with Gasteiger partial charge in [-0.15, -0.1) is 0 Å².